The van der Waals surface area contributed by atoms with Crippen LogP contribution in [0, 0.1) is 0 Å². The van der Waals surface area contributed by atoms with Crippen molar-refractivity contribution in [3.8, 4) is 0 Å². The molecule has 0 aliphatic carbocycles. The molecule has 3 heterocycles. The van der Waals surface area contributed by atoms with Crippen LogP contribution in [-0.4, -0.2) is 40.9 Å². The van der Waals surface area contributed by atoms with Crippen LogP contribution in [0.5, 0.6) is 0 Å². The second-order valence-corrected chi connectivity index (χ2v) is 6.06. The first-order chi connectivity index (χ1) is 10.8. The minimum atomic E-state index is -0.557. The van der Waals surface area contributed by atoms with E-state index >= 15 is 0 Å². The van der Waals surface area contributed by atoms with Gasteiger partial charge in [-0.05, 0) is 41.3 Å². The van der Waals surface area contributed by atoms with E-state index in [2.05, 4.69) is 20.6 Å². The second kappa shape index (κ2) is 7.53. The first-order valence-electron chi connectivity index (χ1n) is 7.42. The molecule has 2 atom stereocenters. The van der Waals surface area contributed by atoms with E-state index in [1.165, 1.54) is 0 Å². The summed E-state index contributed by atoms with van der Waals surface area (Å²) in [5.74, 6) is 1.29. The van der Waals surface area contributed by atoms with Crippen molar-refractivity contribution in [3.05, 3.63) is 34.7 Å². The third kappa shape index (κ3) is 4.16. The van der Waals surface area contributed by atoms with E-state index in [0.29, 0.717) is 25.1 Å². The van der Waals surface area contributed by atoms with Crippen molar-refractivity contribution < 1.29 is 9.84 Å². The summed E-state index contributed by atoms with van der Waals surface area (Å²) >= 11 is 1.57. The molecule has 0 aromatic carbocycles. The highest BCUT2D eigenvalue weighted by Crippen LogP contribution is 2.17. The zero-order chi connectivity index (χ0) is 15.2. The molecule has 1 fully saturated rings. The summed E-state index contributed by atoms with van der Waals surface area (Å²) in [6, 6.07) is 4.06. The third-order valence-corrected chi connectivity index (χ3v) is 4.25. The molecule has 22 heavy (non-hydrogen) atoms. The Balaban J connectivity index is 1.54. The number of aromatic nitrogens is 2. The standard InChI is InChI=1S/C15H20N4O2S/c20-13(11-4-7-22-10-11)8-17-15-16-5-3-14(19-15)18-12-2-1-6-21-9-12/h3-5,7,10,12-13,20H,1-2,6,8-9H2,(H2,16,17,18,19)/t12-,13-/m1/s1. The fourth-order valence-electron chi connectivity index (χ4n) is 2.36. The van der Waals surface area contributed by atoms with E-state index in [9.17, 15) is 5.11 Å². The maximum Gasteiger partial charge on any atom is 0.224 e. The monoisotopic (exact) mass is 320 g/mol. The molecular weight excluding hydrogens is 300 g/mol. The first-order valence-corrected chi connectivity index (χ1v) is 8.37. The molecule has 0 amide bonds. The predicted octanol–water partition coefficient (Wildman–Crippen LogP) is 2.27. The Morgan fingerprint density at radius 1 is 1.45 bits per heavy atom. The zero-order valence-corrected chi connectivity index (χ0v) is 13.1. The lowest BCUT2D eigenvalue weighted by atomic mass is 10.1. The number of hydrogen-bond acceptors (Lipinski definition) is 7. The highest BCUT2D eigenvalue weighted by atomic mass is 32.1. The van der Waals surface area contributed by atoms with Crippen LogP contribution in [0.2, 0.25) is 0 Å². The van der Waals surface area contributed by atoms with Crippen molar-refractivity contribution in [2.75, 3.05) is 30.4 Å². The molecular formula is C15H20N4O2S. The van der Waals surface area contributed by atoms with Gasteiger partial charge in [-0.25, -0.2) is 4.98 Å². The molecule has 1 saturated heterocycles. The van der Waals surface area contributed by atoms with Gasteiger partial charge in [-0.15, -0.1) is 0 Å². The molecule has 3 rings (SSSR count). The average molecular weight is 320 g/mol. The Morgan fingerprint density at radius 2 is 2.41 bits per heavy atom. The van der Waals surface area contributed by atoms with Crippen LogP contribution in [-0.2, 0) is 4.74 Å². The second-order valence-electron chi connectivity index (χ2n) is 5.28. The number of rotatable bonds is 6. The molecule has 0 spiro atoms. The number of ether oxygens (including phenoxy) is 1. The molecule has 2 aromatic rings. The van der Waals surface area contributed by atoms with Gasteiger partial charge in [0.2, 0.25) is 5.95 Å². The van der Waals surface area contributed by atoms with Crippen molar-refractivity contribution >= 4 is 23.1 Å². The SMILES string of the molecule is O[C@H](CNc1nccc(N[C@@H]2CCCOC2)n1)c1ccsc1. The van der Waals surface area contributed by atoms with E-state index < -0.39 is 6.10 Å². The summed E-state index contributed by atoms with van der Waals surface area (Å²) in [5, 5.41) is 20.4. The molecule has 3 N–H and O–H groups in total. The quantitative estimate of drug-likeness (QED) is 0.758. The predicted molar refractivity (Wildman–Crippen MR) is 87.3 cm³/mol. The Bertz CT molecular complexity index is 573. The van der Waals surface area contributed by atoms with Crippen molar-refractivity contribution in [2.24, 2.45) is 0 Å². The minimum absolute atomic E-state index is 0.299. The molecule has 1 aliphatic rings. The lowest BCUT2D eigenvalue weighted by Gasteiger charge is -2.23. The topological polar surface area (TPSA) is 79.3 Å². The van der Waals surface area contributed by atoms with Crippen molar-refractivity contribution in [3.63, 3.8) is 0 Å². The normalized spacial score (nSPS) is 19.6. The van der Waals surface area contributed by atoms with Crippen molar-refractivity contribution in [1.82, 2.24) is 9.97 Å². The Morgan fingerprint density at radius 3 is 3.18 bits per heavy atom. The van der Waals surface area contributed by atoms with Gasteiger partial charge in [0, 0.05) is 19.3 Å². The van der Waals surface area contributed by atoms with Gasteiger partial charge >= 0.3 is 0 Å². The molecule has 6 nitrogen and oxygen atoms in total. The van der Waals surface area contributed by atoms with Gasteiger partial charge in [-0.3, -0.25) is 0 Å². The maximum absolute atomic E-state index is 10.1. The van der Waals surface area contributed by atoms with Crippen molar-refractivity contribution in [2.45, 2.75) is 25.0 Å². The molecule has 0 bridgehead atoms. The van der Waals surface area contributed by atoms with Gasteiger partial charge in [0.1, 0.15) is 5.82 Å². The molecule has 0 unspecified atom stereocenters. The largest absolute Gasteiger partial charge is 0.387 e. The lowest BCUT2D eigenvalue weighted by Crippen LogP contribution is -2.30. The van der Waals surface area contributed by atoms with E-state index in [4.69, 9.17) is 4.74 Å². The van der Waals surface area contributed by atoms with E-state index in [1.54, 1.807) is 17.5 Å². The summed E-state index contributed by atoms with van der Waals surface area (Å²) in [6.45, 7) is 1.94. The summed E-state index contributed by atoms with van der Waals surface area (Å²) in [4.78, 5) is 8.61. The van der Waals surface area contributed by atoms with Crippen LogP contribution in [0.4, 0.5) is 11.8 Å². The Labute approximate surface area is 133 Å². The molecule has 0 saturated carbocycles. The molecule has 0 radical (unpaired) electrons. The number of hydrogen-bond donors (Lipinski definition) is 3. The Kier molecular flexibility index (Phi) is 5.20. The average Bonchev–Trinajstić information content (AvgIpc) is 3.08. The highest BCUT2D eigenvalue weighted by Gasteiger charge is 2.14. The van der Waals surface area contributed by atoms with E-state index in [1.807, 2.05) is 22.9 Å². The summed E-state index contributed by atoms with van der Waals surface area (Å²) < 4.78 is 5.45. The molecule has 2 aromatic heterocycles. The van der Waals surface area contributed by atoms with Crippen LogP contribution in [0.3, 0.4) is 0 Å². The maximum atomic E-state index is 10.1. The van der Waals surface area contributed by atoms with Gasteiger partial charge in [0.05, 0.1) is 18.8 Å². The van der Waals surface area contributed by atoms with Gasteiger partial charge < -0.3 is 20.5 Å². The van der Waals surface area contributed by atoms with Crippen LogP contribution in [0.1, 0.15) is 24.5 Å². The van der Waals surface area contributed by atoms with Crippen LogP contribution in [0.15, 0.2) is 29.1 Å². The summed E-state index contributed by atoms with van der Waals surface area (Å²) in [6.07, 6.45) is 3.31. The molecule has 118 valence electrons. The van der Waals surface area contributed by atoms with Crippen LogP contribution < -0.4 is 10.6 Å². The number of nitrogens with zero attached hydrogens (tertiary/aromatic N) is 2. The van der Waals surface area contributed by atoms with Crippen LogP contribution >= 0.6 is 11.3 Å². The molecule has 1 aliphatic heterocycles. The number of nitrogens with one attached hydrogen (secondary N) is 2. The zero-order valence-electron chi connectivity index (χ0n) is 12.2. The fourth-order valence-corrected chi connectivity index (χ4v) is 3.07. The van der Waals surface area contributed by atoms with E-state index in [-0.39, 0.29) is 0 Å². The smallest absolute Gasteiger partial charge is 0.224 e. The van der Waals surface area contributed by atoms with Crippen molar-refractivity contribution in [1.29, 1.82) is 0 Å². The lowest BCUT2D eigenvalue weighted by molar-refractivity contribution is 0.0875. The Hall–Kier alpha value is -1.70. The fraction of sp³-hybridized carbons (Fsp3) is 0.467. The number of aliphatic hydroxyl groups excluding tert-OH is 1. The van der Waals surface area contributed by atoms with Crippen LogP contribution in [0.25, 0.3) is 0 Å². The first kappa shape index (κ1) is 15.2. The minimum Gasteiger partial charge on any atom is -0.387 e. The van der Waals surface area contributed by atoms with Gasteiger partial charge in [0.25, 0.3) is 0 Å². The summed E-state index contributed by atoms with van der Waals surface area (Å²) in [7, 11) is 0. The van der Waals surface area contributed by atoms with Gasteiger partial charge in [-0.1, -0.05) is 0 Å². The molecule has 7 heteroatoms. The third-order valence-electron chi connectivity index (χ3n) is 3.55. The van der Waals surface area contributed by atoms with Gasteiger partial charge in [0.15, 0.2) is 0 Å². The van der Waals surface area contributed by atoms with E-state index in [0.717, 1.165) is 30.8 Å². The number of thiophene rings is 1. The number of anilines is 2. The summed E-state index contributed by atoms with van der Waals surface area (Å²) in [5.41, 5.74) is 0.908. The highest BCUT2D eigenvalue weighted by molar-refractivity contribution is 7.07. The number of aliphatic hydroxyl groups is 1. The van der Waals surface area contributed by atoms with Gasteiger partial charge in [-0.2, -0.15) is 16.3 Å².